The third kappa shape index (κ3) is 5.03. The Morgan fingerprint density at radius 1 is 0.865 bits per heavy atom. The van der Waals surface area contributed by atoms with Gasteiger partial charge in [0, 0.05) is 18.2 Å². The Bertz CT molecular complexity index is 1270. The smallest absolute Gasteiger partial charge is 0.235 e. The number of nitrogens with two attached hydrogens (primary N) is 1. The molecule has 0 aromatic heterocycles. The predicted octanol–water partition coefficient (Wildman–Crippen LogP) is 5.46. The van der Waals surface area contributed by atoms with Crippen molar-refractivity contribution in [2.24, 2.45) is 31.8 Å². The van der Waals surface area contributed by atoms with Gasteiger partial charge in [-0.2, -0.15) is 20.2 Å². The lowest BCUT2D eigenvalue weighted by atomic mass is 9.64. The maximum Gasteiger partial charge on any atom is 0.235 e. The molecule has 2 unspecified atom stereocenters. The topological polar surface area (TPSA) is 110 Å². The minimum absolute atomic E-state index is 0.0962. The van der Waals surface area contributed by atoms with Gasteiger partial charge in [-0.3, -0.25) is 0 Å². The molecule has 1 heterocycles. The molecule has 0 radical (unpaired) electrons. The van der Waals surface area contributed by atoms with Crippen molar-refractivity contribution in [3.63, 3.8) is 0 Å². The number of hydrogen-bond donors (Lipinski definition) is 1. The van der Waals surface area contributed by atoms with E-state index in [-0.39, 0.29) is 18.1 Å². The first-order chi connectivity index (χ1) is 17.7. The molecule has 0 bridgehead atoms. The van der Waals surface area contributed by atoms with E-state index in [1.165, 1.54) is 22.3 Å². The quantitative estimate of drug-likeness (QED) is 0.386. The average molecular weight is 498 g/mol. The highest BCUT2D eigenvalue weighted by Crippen LogP contribution is 2.47. The number of rotatable bonds is 8. The van der Waals surface area contributed by atoms with Crippen LogP contribution in [-0.4, -0.2) is 29.6 Å². The number of fused-ring (bicyclic) bond motifs is 2. The van der Waals surface area contributed by atoms with Crippen LogP contribution in [-0.2, 0) is 27.8 Å². The van der Waals surface area contributed by atoms with Gasteiger partial charge in [-0.05, 0) is 79.3 Å². The van der Waals surface area contributed by atoms with Crippen molar-refractivity contribution in [2.75, 3.05) is 0 Å². The molecule has 2 N–H and O–H groups in total. The largest absolute Gasteiger partial charge is 0.328 e. The van der Waals surface area contributed by atoms with E-state index < -0.39 is 5.41 Å². The molecule has 7 nitrogen and oxygen atoms in total. The molecule has 7 heteroatoms. The lowest BCUT2D eigenvalue weighted by molar-refractivity contribution is 0.535. The first kappa shape index (κ1) is 26.6. The summed E-state index contributed by atoms with van der Waals surface area (Å²) >= 11 is 0. The molecule has 4 rings (SSSR count). The van der Waals surface area contributed by atoms with E-state index in [2.05, 4.69) is 65.3 Å². The Morgan fingerprint density at radius 2 is 1.38 bits per heavy atom. The number of hydrogen-bond acceptors (Lipinski definition) is 7. The second-order valence-corrected chi connectivity index (χ2v) is 10.7. The lowest BCUT2D eigenvalue weighted by Crippen LogP contribution is -2.43. The van der Waals surface area contributed by atoms with Gasteiger partial charge < -0.3 is 5.73 Å². The Hall–Kier alpha value is -3.50. The van der Waals surface area contributed by atoms with Crippen molar-refractivity contribution in [3.8, 4) is 0 Å². The van der Waals surface area contributed by atoms with E-state index >= 15 is 0 Å². The van der Waals surface area contributed by atoms with Gasteiger partial charge in [-0.25, -0.2) is 9.59 Å². The fraction of sp³-hybridized carbons (Fsp3) is 0.467. The monoisotopic (exact) mass is 497 g/mol. The van der Waals surface area contributed by atoms with E-state index in [4.69, 9.17) is 10.8 Å². The maximum absolute atomic E-state index is 10.9. The standard InChI is InChI=1S/C30H35N5O2/c1-18(2)28-14-29(35-34-28)30(15-19(3)31)26-10-8-22(20(4)32-16-36)12-24(26)6-7-25-13-23(9-11-27(25)30)21(5)33-17-37/h8-13,18-21H,6-7,14-15,31H2,1-5H3/t19-,20?,21?,30?/m0/s1. The summed E-state index contributed by atoms with van der Waals surface area (Å²) in [5.74, 6) is 0.298. The summed E-state index contributed by atoms with van der Waals surface area (Å²) in [5.41, 5.74) is 14.8. The van der Waals surface area contributed by atoms with Crippen LogP contribution in [0.5, 0.6) is 0 Å². The van der Waals surface area contributed by atoms with Gasteiger partial charge in [-0.15, -0.1) is 0 Å². The molecule has 0 fully saturated rings. The molecule has 0 saturated heterocycles. The van der Waals surface area contributed by atoms with Gasteiger partial charge in [0.25, 0.3) is 0 Å². The van der Waals surface area contributed by atoms with Crippen molar-refractivity contribution >= 4 is 23.6 Å². The highest BCUT2D eigenvalue weighted by atomic mass is 16.1. The van der Waals surface area contributed by atoms with Crippen LogP contribution in [0.25, 0.3) is 0 Å². The number of aliphatic imine (C=N–C) groups is 2. The van der Waals surface area contributed by atoms with Crippen LogP contribution in [0.3, 0.4) is 0 Å². The van der Waals surface area contributed by atoms with Gasteiger partial charge >= 0.3 is 0 Å². The van der Waals surface area contributed by atoms with Gasteiger partial charge in [-0.1, -0.05) is 50.2 Å². The van der Waals surface area contributed by atoms with Crippen LogP contribution in [0.15, 0.2) is 56.6 Å². The first-order valence-electron chi connectivity index (χ1n) is 13.0. The summed E-state index contributed by atoms with van der Waals surface area (Å²) in [6, 6.07) is 12.1. The molecule has 3 atom stereocenters. The fourth-order valence-corrected chi connectivity index (χ4v) is 5.77. The van der Waals surface area contributed by atoms with E-state index in [0.29, 0.717) is 18.8 Å². The fourth-order valence-electron chi connectivity index (χ4n) is 5.77. The zero-order chi connectivity index (χ0) is 26.7. The van der Waals surface area contributed by atoms with Gasteiger partial charge in [0.05, 0.1) is 23.2 Å². The minimum atomic E-state index is -0.555. The van der Waals surface area contributed by atoms with Gasteiger partial charge in [0.15, 0.2) is 0 Å². The SMILES string of the molecule is CC(C)C1=NN=C(C2(C[C@H](C)N)c3ccc(C(C)N=C=O)cc3CCc3cc(C(C)N=C=O)ccc32)C1. The summed E-state index contributed by atoms with van der Waals surface area (Å²) in [7, 11) is 0. The molecule has 1 aliphatic carbocycles. The molecular formula is C30H35N5O2. The van der Waals surface area contributed by atoms with Crippen LogP contribution in [0.1, 0.15) is 92.9 Å². The second-order valence-electron chi connectivity index (χ2n) is 10.7. The summed E-state index contributed by atoms with van der Waals surface area (Å²) < 4.78 is 0. The Morgan fingerprint density at radius 3 is 1.78 bits per heavy atom. The first-order valence-corrected chi connectivity index (χ1v) is 13.0. The van der Waals surface area contributed by atoms with Crippen LogP contribution >= 0.6 is 0 Å². The highest BCUT2D eigenvalue weighted by Gasteiger charge is 2.46. The number of benzene rings is 2. The molecule has 2 aromatic rings. The van der Waals surface area contributed by atoms with Crippen molar-refractivity contribution in [2.45, 2.75) is 83.8 Å². The van der Waals surface area contributed by atoms with E-state index in [9.17, 15) is 9.59 Å². The van der Waals surface area contributed by atoms with E-state index in [0.717, 1.165) is 35.4 Å². The molecule has 2 aliphatic rings. The van der Waals surface area contributed by atoms with Crippen LogP contribution in [0.2, 0.25) is 0 Å². The third-order valence-corrected chi connectivity index (χ3v) is 7.73. The summed E-state index contributed by atoms with van der Waals surface area (Å²) in [6.07, 6.45) is 6.38. The Kier molecular flexibility index (Phi) is 7.79. The van der Waals surface area contributed by atoms with Crippen molar-refractivity contribution in [1.82, 2.24) is 0 Å². The maximum atomic E-state index is 10.9. The minimum Gasteiger partial charge on any atom is -0.328 e. The van der Waals surface area contributed by atoms with E-state index in [1.54, 1.807) is 12.2 Å². The molecule has 192 valence electrons. The number of carbonyl (C=O) groups excluding carboxylic acids is 2. The third-order valence-electron chi connectivity index (χ3n) is 7.73. The van der Waals surface area contributed by atoms with E-state index in [1.807, 2.05) is 20.8 Å². The zero-order valence-corrected chi connectivity index (χ0v) is 22.3. The lowest BCUT2D eigenvalue weighted by Gasteiger charge is -2.38. The van der Waals surface area contributed by atoms with Crippen LogP contribution < -0.4 is 5.73 Å². The second kappa shape index (κ2) is 10.9. The molecule has 37 heavy (non-hydrogen) atoms. The normalized spacial score (nSPS) is 20.8. The van der Waals surface area contributed by atoms with Gasteiger partial charge in [0.2, 0.25) is 12.2 Å². The van der Waals surface area contributed by atoms with Crippen molar-refractivity contribution < 1.29 is 9.59 Å². The number of aryl methyl sites for hydroxylation is 2. The molecule has 0 spiro atoms. The van der Waals surface area contributed by atoms with Crippen LogP contribution in [0.4, 0.5) is 0 Å². The molecular weight excluding hydrogens is 462 g/mol. The molecule has 0 amide bonds. The zero-order valence-electron chi connectivity index (χ0n) is 22.3. The summed E-state index contributed by atoms with van der Waals surface area (Å²) in [5, 5.41) is 9.42. The molecule has 2 aromatic carbocycles. The van der Waals surface area contributed by atoms with Crippen molar-refractivity contribution in [1.29, 1.82) is 0 Å². The molecule has 1 aliphatic heterocycles. The Labute approximate surface area is 218 Å². The Balaban J connectivity index is 1.98. The summed E-state index contributed by atoms with van der Waals surface area (Å²) in [6.45, 7) is 10.1. The highest BCUT2D eigenvalue weighted by molar-refractivity contribution is 6.14. The number of isocyanates is 2. The average Bonchev–Trinajstić information content (AvgIpc) is 3.33. The summed E-state index contributed by atoms with van der Waals surface area (Å²) in [4.78, 5) is 29.7. The van der Waals surface area contributed by atoms with Gasteiger partial charge in [0.1, 0.15) is 0 Å². The number of nitrogens with zero attached hydrogens (tertiary/aromatic N) is 4. The van der Waals surface area contributed by atoms with Crippen LogP contribution in [0, 0.1) is 5.92 Å². The molecule has 0 saturated carbocycles. The predicted molar refractivity (Wildman–Crippen MR) is 147 cm³/mol. The van der Waals surface area contributed by atoms with Crippen molar-refractivity contribution in [3.05, 3.63) is 69.8 Å².